The van der Waals surface area contributed by atoms with E-state index in [9.17, 15) is 13.2 Å². The average molecular weight is 226 g/mol. The summed E-state index contributed by atoms with van der Waals surface area (Å²) in [6.07, 6.45) is -4.50. The average Bonchev–Trinajstić information content (AvgIpc) is 2.02. The molecule has 0 aliphatic rings. The van der Waals surface area contributed by atoms with Crippen LogP contribution in [-0.2, 0) is 6.18 Å². The zero-order chi connectivity index (χ0) is 10.9. The standard InChI is InChI=1S/C8H7ClF3NO/c1-14-7-5(13)3-2-4(6(7)9)8(10,11)12/h2-3H,13H2,1H3. The van der Waals surface area contributed by atoms with Crippen molar-refractivity contribution in [2.45, 2.75) is 6.18 Å². The lowest BCUT2D eigenvalue weighted by atomic mass is 10.2. The molecule has 0 heterocycles. The molecule has 0 saturated carbocycles. The van der Waals surface area contributed by atoms with E-state index in [0.717, 1.165) is 12.1 Å². The summed E-state index contributed by atoms with van der Waals surface area (Å²) in [6.45, 7) is 0. The fourth-order valence-corrected chi connectivity index (χ4v) is 1.35. The Labute approximate surface area is 83.4 Å². The van der Waals surface area contributed by atoms with Crippen LogP contribution in [0.5, 0.6) is 5.75 Å². The number of methoxy groups -OCH3 is 1. The number of nitrogens with two attached hydrogens (primary N) is 1. The zero-order valence-electron chi connectivity index (χ0n) is 7.15. The third-order valence-electron chi connectivity index (χ3n) is 1.64. The van der Waals surface area contributed by atoms with Crippen LogP contribution in [0.25, 0.3) is 0 Å². The molecule has 0 radical (unpaired) electrons. The number of anilines is 1. The summed E-state index contributed by atoms with van der Waals surface area (Å²) in [5.74, 6) is -0.151. The van der Waals surface area contributed by atoms with E-state index < -0.39 is 16.8 Å². The van der Waals surface area contributed by atoms with Gasteiger partial charge in [0.25, 0.3) is 0 Å². The molecule has 0 aliphatic carbocycles. The number of hydrogen-bond donors (Lipinski definition) is 1. The molecule has 78 valence electrons. The number of rotatable bonds is 1. The maximum atomic E-state index is 12.3. The van der Waals surface area contributed by atoms with Crippen molar-refractivity contribution < 1.29 is 17.9 Å². The van der Waals surface area contributed by atoms with Crippen molar-refractivity contribution in [1.29, 1.82) is 0 Å². The maximum Gasteiger partial charge on any atom is 0.417 e. The van der Waals surface area contributed by atoms with Crippen molar-refractivity contribution in [2.75, 3.05) is 12.8 Å². The summed E-state index contributed by atoms with van der Waals surface area (Å²) < 4.78 is 41.6. The van der Waals surface area contributed by atoms with E-state index in [-0.39, 0.29) is 11.4 Å². The van der Waals surface area contributed by atoms with Crippen LogP contribution in [0.2, 0.25) is 5.02 Å². The molecule has 0 fully saturated rings. The molecule has 14 heavy (non-hydrogen) atoms. The minimum absolute atomic E-state index is 0.0745. The van der Waals surface area contributed by atoms with Gasteiger partial charge in [0.05, 0.1) is 23.4 Å². The van der Waals surface area contributed by atoms with E-state index in [0.29, 0.717) is 0 Å². The first-order valence-electron chi connectivity index (χ1n) is 3.57. The lowest BCUT2D eigenvalue weighted by Crippen LogP contribution is -2.07. The Bertz CT molecular complexity index is 351. The lowest BCUT2D eigenvalue weighted by Gasteiger charge is -2.13. The zero-order valence-corrected chi connectivity index (χ0v) is 7.91. The van der Waals surface area contributed by atoms with Gasteiger partial charge < -0.3 is 10.5 Å². The Morgan fingerprint density at radius 3 is 2.36 bits per heavy atom. The number of halogens is 4. The first kappa shape index (κ1) is 11.0. The molecule has 0 unspecified atom stereocenters. The normalized spacial score (nSPS) is 11.5. The van der Waals surface area contributed by atoms with Gasteiger partial charge in [0.1, 0.15) is 0 Å². The molecule has 0 atom stereocenters. The predicted molar refractivity (Wildman–Crippen MR) is 47.4 cm³/mol. The van der Waals surface area contributed by atoms with Crippen LogP contribution in [-0.4, -0.2) is 7.11 Å². The van der Waals surface area contributed by atoms with E-state index in [1.54, 1.807) is 0 Å². The smallest absolute Gasteiger partial charge is 0.417 e. The SMILES string of the molecule is COc1c(N)ccc(C(F)(F)F)c1Cl. The van der Waals surface area contributed by atoms with E-state index in [1.165, 1.54) is 7.11 Å². The van der Waals surface area contributed by atoms with E-state index >= 15 is 0 Å². The van der Waals surface area contributed by atoms with Gasteiger partial charge in [-0.25, -0.2) is 0 Å². The third-order valence-corrected chi connectivity index (χ3v) is 2.01. The minimum Gasteiger partial charge on any atom is -0.493 e. The van der Waals surface area contributed by atoms with Gasteiger partial charge in [-0.3, -0.25) is 0 Å². The van der Waals surface area contributed by atoms with Crippen molar-refractivity contribution in [3.05, 3.63) is 22.7 Å². The lowest BCUT2D eigenvalue weighted by molar-refractivity contribution is -0.137. The highest BCUT2D eigenvalue weighted by Gasteiger charge is 2.34. The second-order valence-corrected chi connectivity index (χ2v) is 2.93. The van der Waals surface area contributed by atoms with Crippen molar-refractivity contribution >= 4 is 17.3 Å². The molecule has 1 aromatic rings. The monoisotopic (exact) mass is 225 g/mol. The van der Waals surface area contributed by atoms with Crippen molar-refractivity contribution in [2.24, 2.45) is 0 Å². The highest BCUT2D eigenvalue weighted by Crippen LogP contribution is 2.41. The second-order valence-electron chi connectivity index (χ2n) is 2.55. The molecule has 6 heteroatoms. The molecule has 2 nitrogen and oxygen atoms in total. The van der Waals surface area contributed by atoms with Gasteiger partial charge in [0.2, 0.25) is 0 Å². The fourth-order valence-electron chi connectivity index (χ4n) is 0.997. The largest absolute Gasteiger partial charge is 0.493 e. The Morgan fingerprint density at radius 1 is 1.36 bits per heavy atom. The fraction of sp³-hybridized carbons (Fsp3) is 0.250. The summed E-state index contributed by atoms with van der Waals surface area (Å²) in [5, 5.41) is -0.514. The first-order chi connectivity index (χ1) is 6.38. The van der Waals surface area contributed by atoms with E-state index in [2.05, 4.69) is 4.74 Å². The van der Waals surface area contributed by atoms with Crippen LogP contribution in [0.15, 0.2) is 12.1 Å². The molecular formula is C8H7ClF3NO. The molecule has 0 bridgehead atoms. The molecular weight excluding hydrogens is 219 g/mol. The number of alkyl halides is 3. The van der Waals surface area contributed by atoms with Crippen LogP contribution in [0.1, 0.15) is 5.56 Å². The van der Waals surface area contributed by atoms with Crippen molar-refractivity contribution in [1.82, 2.24) is 0 Å². The molecule has 1 rings (SSSR count). The van der Waals surface area contributed by atoms with Crippen molar-refractivity contribution in [3.8, 4) is 5.75 Å². The maximum absolute atomic E-state index is 12.3. The van der Waals surface area contributed by atoms with Crippen molar-refractivity contribution in [3.63, 3.8) is 0 Å². The Balaban J connectivity index is 3.36. The summed E-state index contributed by atoms with van der Waals surface area (Å²) in [4.78, 5) is 0. The molecule has 0 spiro atoms. The number of benzene rings is 1. The molecule has 0 aromatic heterocycles. The van der Waals surface area contributed by atoms with Crippen LogP contribution < -0.4 is 10.5 Å². The van der Waals surface area contributed by atoms with Gasteiger partial charge in [-0.15, -0.1) is 0 Å². The number of nitrogen functional groups attached to an aromatic ring is 1. The van der Waals surface area contributed by atoms with Crippen LogP contribution in [0, 0.1) is 0 Å². The summed E-state index contributed by atoms with van der Waals surface area (Å²) in [7, 11) is 1.21. The summed E-state index contributed by atoms with van der Waals surface area (Å²) in [5.41, 5.74) is 4.49. The van der Waals surface area contributed by atoms with E-state index in [4.69, 9.17) is 17.3 Å². The third kappa shape index (κ3) is 1.87. The summed E-state index contributed by atoms with van der Waals surface area (Å²) in [6, 6.07) is 1.92. The highest BCUT2D eigenvalue weighted by atomic mass is 35.5. The van der Waals surface area contributed by atoms with Gasteiger partial charge in [-0.2, -0.15) is 13.2 Å². The van der Waals surface area contributed by atoms with Gasteiger partial charge in [-0.05, 0) is 12.1 Å². The predicted octanol–water partition coefficient (Wildman–Crippen LogP) is 2.95. The molecule has 0 saturated heterocycles. The van der Waals surface area contributed by atoms with Gasteiger partial charge in [0, 0.05) is 0 Å². The van der Waals surface area contributed by atoms with Crippen LogP contribution in [0.3, 0.4) is 0 Å². The molecule has 1 aromatic carbocycles. The Kier molecular flexibility index (Phi) is 2.80. The minimum atomic E-state index is -4.50. The molecule has 2 N–H and O–H groups in total. The highest BCUT2D eigenvalue weighted by molar-refractivity contribution is 6.33. The Hall–Kier alpha value is -1.10. The number of hydrogen-bond acceptors (Lipinski definition) is 2. The quantitative estimate of drug-likeness (QED) is 0.746. The topological polar surface area (TPSA) is 35.2 Å². The second kappa shape index (κ2) is 3.57. The van der Waals surface area contributed by atoms with E-state index in [1.807, 2.05) is 0 Å². The molecule has 0 aliphatic heterocycles. The summed E-state index contributed by atoms with van der Waals surface area (Å²) >= 11 is 5.47. The van der Waals surface area contributed by atoms with Crippen LogP contribution in [0.4, 0.5) is 18.9 Å². The number of ether oxygens (including phenoxy) is 1. The first-order valence-corrected chi connectivity index (χ1v) is 3.95. The van der Waals surface area contributed by atoms with Gasteiger partial charge >= 0.3 is 6.18 Å². The van der Waals surface area contributed by atoms with Gasteiger partial charge in [-0.1, -0.05) is 11.6 Å². The Morgan fingerprint density at radius 2 is 1.93 bits per heavy atom. The molecule has 0 amide bonds. The van der Waals surface area contributed by atoms with Crippen LogP contribution >= 0.6 is 11.6 Å². The van der Waals surface area contributed by atoms with Gasteiger partial charge in [0.15, 0.2) is 5.75 Å².